The molecule has 134 valence electrons. The third kappa shape index (κ3) is 4.30. The van der Waals surface area contributed by atoms with Crippen LogP contribution in [0, 0.1) is 0 Å². The lowest BCUT2D eigenvalue weighted by Gasteiger charge is -2.06. The largest absolute Gasteiger partial charge is 0.504 e. The minimum Gasteiger partial charge on any atom is -0.504 e. The topological polar surface area (TPSA) is 93.1 Å². The molecular formula is C20H18O6. The average molecular weight is 354 g/mol. The van der Waals surface area contributed by atoms with Gasteiger partial charge in [0.05, 0.1) is 14.2 Å². The van der Waals surface area contributed by atoms with Crippen LogP contribution >= 0.6 is 0 Å². The van der Waals surface area contributed by atoms with E-state index in [-0.39, 0.29) is 22.6 Å². The first kappa shape index (κ1) is 18.8. The van der Waals surface area contributed by atoms with Gasteiger partial charge in [0.15, 0.2) is 35.6 Å². The molecule has 6 nitrogen and oxygen atoms in total. The second kappa shape index (κ2) is 8.53. The van der Waals surface area contributed by atoms with Crippen LogP contribution < -0.4 is 9.47 Å². The van der Waals surface area contributed by atoms with E-state index >= 15 is 0 Å². The zero-order chi connectivity index (χ0) is 19.1. The maximum Gasteiger partial charge on any atom is 0.160 e. The van der Waals surface area contributed by atoms with E-state index in [1.807, 2.05) is 0 Å². The molecule has 0 spiro atoms. The average Bonchev–Trinajstić information content (AvgIpc) is 2.64. The number of hydrogen-bond donors (Lipinski definition) is 2. The number of allylic oxidation sites excluding steroid dienone is 2. The van der Waals surface area contributed by atoms with Gasteiger partial charge in [-0.15, -0.1) is 0 Å². The Morgan fingerprint density at radius 1 is 0.769 bits per heavy atom. The first-order valence-corrected chi connectivity index (χ1v) is 7.60. The van der Waals surface area contributed by atoms with E-state index in [0.717, 1.165) is 0 Å². The van der Waals surface area contributed by atoms with Gasteiger partial charge in [-0.2, -0.15) is 0 Å². The number of aromatic hydroxyl groups is 2. The number of ether oxygens (including phenoxy) is 2. The van der Waals surface area contributed by atoms with Crippen molar-refractivity contribution in [2.24, 2.45) is 0 Å². The standard InChI is InChI=1S/C20H18O6/c1-25-19-5-3-13(9-17(19)23)7-15(11-21)16(12-22)8-14-4-6-20(26-2)18(24)10-14/h3-12,23-24H,1-2H3. The fourth-order valence-electron chi connectivity index (χ4n) is 2.32. The quantitative estimate of drug-likeness (QED) is 0.451. The van der Waals surface area contributed by atoms with E-state index < -0.39 is 0 Å². The number of aldehydes is 2. The second-order valence-electron chi connectivity index (χ2n) is 5.30. The molecule has 0 unspecified atom stereocenters. The minimum absolute atomic E-state index is 0.0804. The monoisotopic (exact) mass is 354 g/mol. The predicted molar refractivity (Wildman–Crippen MR) is 97.4 cm³/mol. The zero-order valence-electron chi connectivity index (χ0n) is 14.3. The van der Waals surface area contributed by atoms with Crippen LogP contribution in [0.15, 0.2) is 47.5 Å². The van der Waals surface area contributed by atoms with Crippen molar-refractivity contribution < 1.29 is 29.3 Å². The van der Waals surface area contributed by atoms with Gasteiger partial charge in [-0.05, 0) is 47.5 Å². The van der Waals surface area contributed by atoms with E-state index in [2.05, 4.69) is 0 Å². The van der Waals surface area contributed by atoms with Gasteiger partial charge in [0.1, 0.15) is 0 Å². The Kier molecular flexibility index (Phi) is 6.16. The van der Waals surface area contributed by atoms with Crippen molar-refractivity contribution in [1.82, 2.24) is 0 Å². The van der Waals surface area contributed by atoms with Crippen LogP contribution in [0.25, 0.3) is 12.2 Å². The van der Waals surface area contributed by atoms with Gasteiger partial charge in [-0.25, -0.2) is 0 Å². The van der Waals surface area contributed by atoms with E-state index in [4.69, 9.17) is 9.47 Å². The van der Waals surface area contributed by atoms with Crippen molar-refractivity contribution in [3.63, 3.8) is 0 Å². The van der Waals surface area contributed by atoms with Crippen molar-refractivity contribution in [2.75, 3.05) is 14.2 Å². The van der Waals surface area contributed by atoms with Crippen molar-refractivity contribution in [3.8, 4) is 23.0 Å². The summed E-state index contributed by atoms with van der Waals surface area (Å²) in [6.07, 6.45) is 4.03. The van der Waals surface area contributed by atoms with Gasteiger partial charge in [0.2, 0.25) is 0 Å². The maximum absolute atomic E-state index is 11.5. The Balaban J connectivity index is 2.42. The van der Waals surface area contributed by atoms with Gasteiger partial charge in [0.25, 0.3) is 0 Å². The lowest BCUT2D eigenvalue weighted by molar-refractivity contribution is -0.107. The SMILES string of the molecule is COc1ccc(C=C(C=O)C(C=O)=Cc2ccc(OC)c(O)c2)cc1O. The summed E-state index contributed by atoms with van der Waals surface area (Å²) in [5.74, 6) is 0.441. The molecule has 2 aromatic rings. The molecule has 0 aliphatic carbocycles. The number of methoxy groups -OCH3 is 2. The number of phenolic OH excluding ortho intramolecular Hbond substituents is 2. The molecule has 0 saturated heterocycles. The normalized spacial score (nSPS) is 11.8. The third-order valence-electron chi connectivity index (χ3n) is 3.64. The first-order chi connectivity index (χ1) is 12.5. The van der Waals surface area contributed by atoms with Gasteiger partial charge < -0.3 is 19.7 Å². The lowest BCUT2D eigenvalue weighted by atomic mass is 10.0. The van der Waals surface area contributed by atoms with Gasteiger partial charge in [0, 0.05) is 11.1 Å². The highest BCUT2D eigenvalue weighted by Gasteiger charge is 2.08. The molecule has 2 rings (SSSR count). The van der Waals surface area contributed by atoms with Crippen LogP contribution in [-0.2, 0) is 9.59 Å². The fraction of sp³-hybridized carbons (Fsp3) is 0.100. The smallest absolute Gasteiger partial charge is 0.160 e. The number of carbonyl (C=O) groups excluding carboxylic acids is 2. The van der Waals surface area contributed by atoms with Crippen LogP contribution in [0.1, 0.15) is 11.1 Å². The van der Waals surface area contributed by atoms with E-state index in [9.17, 15) is 19.8 Å². The van der Waals surface area contributed by atoms with Crippen LogP contribution in [0.4, 0.5) is 0 Å². The molecule has 0 aliphatic rings. The molecule has 0 amide bonds. The Labute approximate surface area is 150 Å². The Hall–Kier alpha value is -3.54. The maximum atomic E-state index is 11.5. The molecule has 0 bridgehead atoms. The van der Waals surface area contributed by atoms with Crippen molar-refractivity contribution in [1.29, 1.82) is 0 Å². The van der Waals surface area contributed by atoms with E-state index in [1.165, 1.54) is 38.5 Å². The van der Waals surface area contributed by atoms with Crippen molar-refractivity contribution in [2.45, 2.75) is 0 Å². The molecule has 0 radical (unpaired) electrons. The van der Waals surface area contributed by atoms with Crippen molar-refractivity contribution in [3.05, 3.63) is 58.7 Å². The Morgan fingerprint density at radius 3 is 1.42 bits per heavy atom. The fourth-order valence-corrected chi connectivity index (χ4v) is 2.32. The van der Waals surface area contributed by atoms with Crippen LogP contribution in [0.3, 0.4) is 0 Å². The zero-order valence-corrected chi connectivity index (χ0v) is 14.3. The van der Waals surface area contributed by atoms with Crippen LogP contribution in [0.2, 0.25) is 0 Å². The highest BCUT2D eigenvalue weighted by molar-refractivity contribution is 6.02. The molecule has 2 N–H and O–H groups in total. The Bertz CT molecular complexity index is 806. The molecule has 0 saturated carbocycles. The summed E-state index contributed by atoms with van der Waals surface area (Å²) in [6, 6.07) is 9.23. The van der Waals surface area contributed by atoms with Crippen LogP contribution in [-0.4, -0.2) is 37.0 Å². The number of hydrogen-bond acceptors (Lipinski definition) is 6. The minimum atomic E-state index is -0.0804. The lowest BCUT2D eigenvalue weighted by Crippen LogP contribution is -1.94. The molecular weight excluding hydrogens is 336 g/mol. The second-order valence-corrected chi connectivity index (χ2v) is 5.30. The molecule has 0 heterocycles. The first-order valence-electron chi connectivity index (χ1n) is 7.60. The molecule has 0 aliphatic heterocycles. The van der Waals surface area contributed by atoms with Crippen molar-refractivity contribution >= 4 is 24.7 Å². The summed E-state index contributed by atoms with van der Waals surface area (Å²) in [6.45, 7) is 0. The van der Waals surface area contributed by atoms with Gasteiger partial charge >= 0.3 is 0 Å². The van der Waals surface area contributed by atoms with E-state index in [1.54, 1.807) is 24.3 Å². The highest BCUT2D eigenvalue weighted by Crippen LogP contribution is 2.29. The summed E-state index contributed by atoms with van der Waals surface area (Å²) in [4.78, 5) is 22.9. The summed E-state index contributed by atoms with van der Waals surface area (Å²) in [5.41, 5.74) is 1.30. The van der Waals surface area contributed by atoms with Gasteiger partial charge in [-0.3, -0.25) is 9.59 Å². The van der Waals surface area contributed by atoms with Gasteiger partial charge in [-0.1, -0.05) is 12.1 Å². The number of benzene rings is 2. The summed E-state index contributed by atoms with van der Waals surface area (Å²) in [7, 11) is 2.86. The molecule has 0 atom stereocenters. The van der Waals surface area contributed by atoms with Crippen LogP contribution in [0.5, 0.6) is 23.0 Å². The number of rotatable bonds is 7. The Morgan fingerprint density at radius 2 is 1.15 bits per heavy atom. The third-order valence-corrected chi connectivity index (χ3v) is 3.64. The van der Waals surface area contributed by atoms with E-state index in [0.29, 0.717) is 35.2 Å². The summed E-state index contributed by atoms with van der Waals surface area (Å²) < 4.78 is 9.93. The molecule has 2 aromatic carbocycles. The number of phenols is 2. The summed E-state index contributed by atoms with van der Waals surface area (Å²) >= 11 is 0. The summed E-state index contributed by atoms with van der Waals surface area (Å²) in [5, 5.41) is 19.6. The molecule has 26 heavy (non-hydrogen) atoms. The predicted octanol–water partition coefficient (Wildman–Crippen LogP) is 2.98. The molecule has 0 aromatic heterocycles. The molecule has 0 fully saturated rings. The highest BCUT2D eigenvalue weighted by atomic mass is 16.5. The number of carbonyl (C=O) groups is 2. The molecule has 6 heteroatoms.